The Labute approximate surface area is 144 Å². The van der Waals surface area contributed by atoms with E-state index in [1.807, 2.05) is 0 Å². The highest BCUT2D eigenvalue weighted by atomic mass is 32.2. The van der Waals surface area contributed by atoms with Crippen molar-refractivity contribution in [2.45, 2.75) is 16.2 Å². The summed E-state index contributed by atoms with van der Waals surface area (Å²) in [7, 11) is 3.05. The average molecular weight is 349 g/mol. The third-order valence-corrected chi connectivity index (χ3v) is 4.72. The third-order valence-electron chi connectivity index (χ3n) is 3.43. The molecule has 128 valence electrons. The van der Waals surface area contributed by atoms with Gasteiger partial charge in [-0.1, -0.05) is 23.9 Å². The molecule has 0 saturated carbocycles. The summed E-state index contributed by atoms with van der Waals surface area (Å²) in [4.78, 5) is 10.1. The van der Waals surface area contributed by atoms with E-state index in [9.17, 15) is 15.0 Å². The Kier molecular flexibility index (Phi) is 5.58. The molecular formula is C17H19NO5S. The molecule has 2 aromatic carbocycles. The lowest BCUT2D eigenvalue weighted by atomic mass is 10.1. The second kappa shape index (κ2) is 7.46. The molecule has 0 spiro atoms. The zero-order chi connectivity index (χ0) is 17.7. The fourth-order valence-corrected chi connectivity index (χ4v) is 3.34. The van der Waals surface area contributed by atoms with Crippen LogP contribution in [0.15, 0.2) is 47.4 Å². The van der Waals surface area contributed by atoms with Gasteiger partial charge < -0.3 is 25.4 Å². The van der Waals surface area contributed by atoms with Crippen LogP contribution in [0.3, 0.4) is 0 Å². The largest absolute Gasteiger partial charge is 0.497 e. The van der Waals surface area contributed by atoms with Gasteiger partial charge in [0.2, 0.25) is 0 Å². The van der Waals surface area contributed by atoms with Gasteiger partial charge in [-0.3, -0.25) is 4.79 Å². The van der Waals surface area contributed by atoms with Crippen molar-refractivity contribution in [3.05, 3.63) is 48.0 Å². The first-order valence-electron chi connectivity index (χ1n) is 7.09. The summed E-state index contributed by atoms with van der Waals surface area (Å²) in [6.07, 6.45) is -0.485. The predicted octanol–water partition coefficient (Wildman–Crippen LogP) is 2.70. The van der Waals surface area contributed by atoms with Crippen LogP contribution >= 0.6 is 11.8 Å². The summed E-state index contributed by atoms with van der Waals surface area (Å²) in [5.41, 5.74) is 6.82. The summed E-state index contributed by atoms with van der Waals surface area (Å²) in [6, 6.07) is 11.6. The van der Waals surface area contributed by atoms with Gasteiger partial charge in [-0.25, -0.2) is 0 Å². The smallest absolute Gasteiger partial charge is 0.307 e. The summed E-state index contributed by atoms with van der Waals surface area (Å²) < 4.78 is 10.2. The SMILES string of the molecule is COc1ccc(C(O)(CC(=O)O)Sc2cc(OC)ccc2N)cc1. The number of carboxylic acids is 1. The zero-order valence-electron chi connectivity index (χ0n) is 13.4. The Morgan fingerprint density at radius 3 is 2.25 bits per heavy atom. The van der Waals surface area contributed by atoms with Crippen molar-refractivity contribution in [1.29, 1.82) is 0 Å². The quantitative estimate of drug-likeness (QED) is 0.401. The van der Waals surface area contributed by atoms with Gasteiger partial charge in [0.15, 0.2) is 4.93 Å². The maximum Gasteiger partial charge on any atom is 0.307 e. The Hall–Kier alpha value is -2.38. The van der Waals surface area contributed by atoms with Gasteiger partial charge in [0.05, 0.1) is 20.6 Å². The average Bonchev–Trinajstić information content (AvgIpc) is 2.56. The number of aliphatic carboxylic acids is 1. The molecule has 0 aliphatic rings. The van der Waals surface area contributed by atoms with Crippen molar-refractivity contribution in [2.75, 3.05) is 20.0 Å². The van der Waals surface area contributed by atoms with Crippen molar-refractivity contribution < 1.29 is 24.5 Å². The van der Waals surface area contributed by atoms with E-state index in [-0.39, 0.29) is 0 Å². The molecular weight excluding hydrogens is 330 g/mol. The number of benzene rings is 2. The topological polar surface area (TPSA) is 102 Å². The summed E-state index contributed by atoms with van der Waals surface area (Å²) in [6.45, 7) is 0. The van der Waals surface area contributed by atoms with E-state index in [0.29, 0.717) is 27.6 Å². The number of rotatable bonds is 7. The Balaban J connectivity index is 2.41. The van der Waals surface area contributed by atoms with E-state index in [0.717, 1.165) is 11.8 Å². The van der Waals surface area contributed by atoms with Crippen molar-refractivity contribution >= 4 is 23.4 Å². The number of methoxy groups -OCH3 is 2. The number of hydrogen-bond donors (Lipinski definition) is 3. The van der Waals surface area contributed by atoms with E-state index in [1.54, 1.807) is 42.5 Å². The van der Waals surface area contributed by atoms with Crippen LogP contribution in [0.5, 0.6) is 11.5 Å². The Morgan fingerprint density at radius 2 is 1.71 bits per heavy atom. The first-order chi connectivity index (χ1) is 11.4. The van der Waals surface area contributed by atoms with Crippen LogP contribution < -0.4 is 15.2 Å². The van der Waals surface area contributed by atoms with Crippen LogP contribution in [0, 0.1) is 0 Å². The van der Waals surface area contributed by atoms with Gasteiger partial charge in [0.25, 0.3) is 0 Å². The fraction of sp³-hybridized carbons (Fsp3) is 0.235. The van der Waals surface area contributed by atoms with Gasteiger partial charge in [-0.05, 0) is 35.9 Å². The predicted molar refractivity (Wildman–Crippen MR) is 92.4 cm³/mol. The number of nitrogen functional groups attached to an aromatic ring is 1. The minimum atomic E-state index is -1.68. The van der Waals surface area contributed by atoms with Crippen LogP contribution in [0.2, 0.25) is 0 Å². The number of aliphatic hydroxyl groups is 1. The van der Waals surface area contributed by atoms with Crippen LogP contribution in [0.4, 0.5) is 5.69 Å². The van der Waals surface area contributed by atoms with Crippen molar-refractivity contribution in [3.63, 3.8) is 0 Å². The first-order valence-corrected chi connectivity index (χ1v) is 7.91. The maximum absolute atomic E-state index is 11.3. The molecule has 0 radical (unpaired) electrons. The second-order valence-corrected chi connectivity index (χ2v) is 6.41. The number of nitrogens with two attached hydrogens (primary N) is 1. The van der Waals surface area contributed by atoms with E-state index >= 15 is 0 Å². The number of thioether (sulfide) groups is 1. The first kappa shape index (κ1) is 18.0. The van der Waals surface area contributed by atoms with Gasteiger partial charge in [0, 0.05) is 10.6 Å². The van der Waals surface area contributed by atoms with Crippen LogP contribution in [-0.2, 0) is 9.73 Å². The van der Waals surface area contributed by atoms with Gasteiger partial charge in [0.1, 0.15) is 11.5 Å². The lowest BCUT2D eigenvalue weighted by Crippen LogP contribution is -2.25. The molecule has 2 rings (SSSR count). The number of ether oxygens (including phenoxy) is 2. The molecule has 0 aliphatic heterocycles. The monoisotopic (exact) mass is 349 g/mol. The van der Waals surface area contributed by atoms with Gasteiger partial charge in [-0.2, -0.15) is 0 Å². The van der Waals surface area contributed by atoms with E-state index in [2.05, 4.69) is 0 Å². The molecule has 0 fully saturated rings. The molecule has 2 aromatic rings. The normalized spacial score (nSPS) is 13.1. The fourth-order valence-electron chi connectivity index (χ4n) is 2.17. The van der Waals surface area contributed by atoms with Crippen molar-refractivity contribution in [3.8, 4) is 11.5 Å². The molecule has 0 bridgehead atoms. The second-order valence-electron chi connectivity index (χ2n) is 5.09. The maximum atomic E-state index is 11.3. The van der Waals surface area contributed by atoms with Crippen LogP contribution in [0.1, 0.15) is 12.0 Å². The number of hydrogen-bond acceptors (Lipinski definition) is 6. The standard InChI is InChI=1S/C17H19NO5S/c1-22-12-5-3-11(4-6-12)17(21,10-16(19)20)24-15-9-13(23-2)7-8-14(15)18/h3-9,21H,10,18H2,1-2H3,(H,19,20). The lowest BCUT2D eigenvalue weighted by molar-refractivity contribution is -0.140. The molecule has 0 aromatic heterocycles. The molecule has 6 nitrogen and oxygen atoms in total. The summed E-state index contributed by atoms with van der Waals surface area (Å²) in [5.74, 6) is 0.0590. The zero-order valence-corrected chi connectivity index (χ0v) is 14.2. The molecule has 4 N–H and O–H groups in total. The van der Waals surface area contributed by atoms with E-state index in [4.69, 9.17) is 15.2 Å². The highest BCUT2D eigenvalue weighted by Crippen LogP contribution is 2.45. The number of carbonyl (C=O) groups is 1. The highest BCUT2D eigenvalue weighted by Gasteiger charge is 2.34. The molecule has 0 amide bonds. The molecule has 0 aliphatic carbocycles. The van der Waals surface area contributed by atoms with E-state index in [1.165, 1.54) is 14.2 Å². The molecule has 1 atom stereocenters. The van der Waals surface area contributed by atoms with Gasteiger partial charge >= 0.3 is 5.97 Å². The van der Waals surface area contributed by atoms with Gasteiger partial charge in [-0.15, -0.1) is 0 Å². The number of carboxylic acid groups (broad SMARTS) is 1. The number of anilines is 1. The molecule has 0 heterocycles. The third kappa shape index (κ3) is 4.12. The van der Waals surface area contributed by atoms with E-state index < -0.39 is 17.3 Å². The Bertz CT molecular complexity index is 719. The summed E-state index contributed by atoms with van der Waals surface area (Å²) >= 11 is 0.971. The summed E-state index contributed by atoms with van der Waals surface area (Å²) in [5, 5.41) is 20.2. The molecule has 0 saturated heterocycles. The molecule has 24 heavy (non-hydrogen) atoms. The highest BCUT2D eigenvalue weighted by molar-refractivity contribution is 8.00. The minimum absolute atomic E-state index is 0.429. The molecule has 7 heteroatoms. The Morgan fingerprint density at radius 1 is 1.12 bits per heavy atom. The van der Waals surface area contributed by atoms with Crippen molar-refractivity contribution in [2.24, 2.45) is 0 Å². The molecule has 1 unspecified atom stereocenters. The van der Waals surface area contributed by atoms with Crippen molar-refractivity contribution in [1.82, 2.24) is 0 Å². The lowest BCUT2D eigenvalue weighted by Gasteiger charge is -2.27. The minimum Gasteiger partial charge on any atom is -0.497 e. The van der Waals surface area contributed by atoms with Crippen LogP contribution in [-0.4, -0.2) is 30.4 Å². The van der Waals surface area contributed by atoms with Crippen LogP contribution in [0.25, 0.3) is 0 Å².